The topological polar surface area (TPSA) is 77.3 Å². The summed E-state index contributed by atoms with van der Waals surface area (Å²) in [6.45, 7) is 4.74. The molecule has 1 aliphatic rings. The van der Waals surface area contributed by atoms with E-state index in [1.807, 2.05) is 13.8 Å². The van der Waals surface area contributed by atoms with Gasteiger partial charge in [0.2, 0.25) is 0 Å². The first kappa shape index (κ1) is 14.0. The van der Waals surface area contributed by atoms with Crippen LogP contribution in [0.1, 0.15) is 26.7 Å². The molecule has 0 saturated carbocycles. The molecule has 1 aromatic rings. The second-order valence-corrected chi connectivity index (χ2v) is 5.63. The van der Waals surface area contributed by atoms with E-state index < -0.39 is 4.92 Å². The van der Waals surface area contributed by atoms with Gasteiger partial charge in [-0.25, -0.2) is 4.98 Å². The number of pyridine rings is 1. The van der Waals surface area contributed by atoms with Gasteiger partial charge in [-0.2, -0.15) is 0 Å². The number of halogens is 1. The minimum absolute atomic E-state index is 0.108. The fourth-order valence-corrected chi connectivity index (χ4v) is 2.40. The smallest absolute Gasteiger partial charge is 0.289 e. The molecule has 0 aliphatic carbocycles. The fraction of sp³-hybridized carbons (Fsp3) is 0.583. The Labute approximate surface area is 116 Å². The molecule has 104 valence electrons. The van der Waals surface area contributed by atoms with Crippen LogP contribution in [0.3, 0.4) is 0 Å². The quantitative estimate of drug-likeness (QED) is 0.682. The summed E-state index contributed by atoms with van der Waals surface area (Å²) >= 11 is 6.00. The average Bonchev–Trinajstić information content (AvgIpc) is 2.30. The van der Waals surface area contributed by atoms with Crippen LogP contribution in [0.4, 0.5) is 11.5 Å². The van der Waals surface area contributed by atoms with E-state index in [2.05, 4.69) is 10.3 Å². The van der Waals surface area contributed by atoms with E-state index in [1.54, 1.807) is 0 Å². The van der Waals surface area contributed by atoms with Crippen molar-refractivity contribution < 1.29 is 9.66 Å². The molecule has 0 bridgehead atoms. The molecule has 7 heteroatoms. The van der Waals surface area contributed by atoms with E-state index >= 15 is 0 Å². The van der Waals surface area contributed by atoms with Gasteiger partial charge in [0.25, 0.3) is 5.69 Å². The van der Waals surface area contributed by atoms with Crippen molar-refractivity contribution in [1.82, 2.24) is 4.98 Å². The van der Waals surface area contributed by atoms with E-state index in [9.17, 15) is 10.1 Å². The lowest BCUT2D eigenvalue weighted by Gasteiger charge is -2.36. The van der Waals surface area contributed by atoms with Crippen LogP contribution in [0.25, 0.3) is 0 Å². The van der Waals surface area contributed by atoms with Gasteiger partial charge in [0.05, 0.1) is 15.5 Å². The van der Waals surface area contributed by atoms with Crippen LogP contribution in [0.15, 0.2) is 12.3 Å². The maximum absolute atomic E-state index is 10.6. The summed E-state index contributed by atoms with van der Waals surface area (Å²) in [5.74, 6) is 0.481. The standard InChI is InChI=1S/C12H16ClN3O3/c1-12(2)6-8(3-4-19-12)15-11-10(13)5-9(7-14-11)16(17)18/h5,7-8H,3-4,6H2,1-2H3,(H,14,15). The molecular formula is C12H16ClN3O3. The monoisotopic (exact) mass is 285 g/mol. The summed E-state index contributed by atoms with van der Waals surface area (Å²) in [6, 6.07) is 1.51. The molecule has 0 spiro atoms. The third kappa shape index (κ3) is 3.54. The molecule has 1 fully saturated rings. The van der Waals surface area contributed by atoms with Gasteiger partial charge in [0.1, 0.15) is 12.0 Å². The maximum atomic E-state index is 10.6. The summed E-state index contributed by atoms with van der Waals surface area (Å²) in [5, 5.41) is 14.1. The predicted molar refractivity (Wildman–Crippen MR) is 72.6 cm³/mol. The molecule has 1 aliphatic heterocycles. The van der Waals surface area contributed by atoms with Crippen LogP contribution in [-0.4, -0.2) is 28.2 Å². The van der Waals surface area contributed by atoms with Crippen molar-refractivity contribution in [3.8, 4) is 0 Å². The Kier molecular flexibility index (Phi) is 3.91. The fourth-order valence-electron chi connectivity index (χ4n) is 2.18. The molecule has 1 N–H and O–H groups in total. The number of rotatable bonds is 3. The lowest BCUT2D eigenvalue weighted by Crippen LogP contribution is -2.40. The largest absolute Gasteiger partial charge is 0.375 e. The number of nitrogens with one attached hydrogen (secondary N) is 1. The third-order valence-corrected chi connectivity index (χ3v) is 3.36. The molecule has 2 heterocycles. The lowest BCUT2D eigenvalue weighted by atomic mass is 9.94. The molecule has 1 saturated heterocycles. The Morgan fingerprint density at radius 1 is 1.63 bits per heavy atom. The highest BCUT2D eigenvalue weighted by Crippen LogP contribution is 2.29. The zero-order valence-electron chi connectivity index (χ0n) is 10.9. The Balaban J connectivity index is 2.09. The summed E-state index contributed by atoms with van der Waals surface area (Å²) in [7, 11) is 0. The number of ether oxygens (including phenoxy) is 1. The summed E-state index contributed by atoms with van der Waals surface area (Å²) in [5.41, 5.74) is -0.286. The first-order chi connectivity index (χ1) is 8.87. The molecule has 1 atom stereocenters. The molecule has 1 aromatic heterocycles. The molecule has 0 radical (unpaired) electrons. The Hall–Kier alpha value is -1.40. The first-order valence-corrected chi connectivity index (χ1v) is 6.46. The van der Waals surface area contributed by atoms with Crippen LogP contribution in [0.5, 0.6) is 0 Å². The van der Waals surface area contributed by atoms with Crippen molar-refractivity contribution in [3.63, 3.8) is 0 Å². The van der Waals surface area contributed by atoms with Crippen LogP contribution in [0.2, 0.25) is 5.02 Å². The van der Waals surface area contributed by atoms with Gasteiger partial charge in [0.15, 0.2) is 0 Å². The van der Waals surface area contributed by atoms with Crippen molar-refractivity contribution >= 4 is 23.1 Å². The van der Waals surface area contributed by atoms with Crippen LogP contribution in [0, 0.1) is 10.1 Å². The number of aromatic nitrogens is 1. The van der Waals surface area contributed by atoms with Crippen LogP contribution in [-0.2, 0) is 4.74 Å². The van der Waals surface area contributed by atoms with E-state index in [0.717, 1.165) is 12.8 Å². The maximum Gasteiger partial charge on any atom is 0.289 e. The molecular weight excluding hydrogens is 270 g/mol. The number of hydrogen-bond acceptors (Lipinski definition) is 5. The summed E-state index contributed by atoms with van der Waals surface area (Å²) in [4.78, 5) is 14.1. The minimum atomic E-state index is -0.514. The van der Waals surface area contributed by atoms with Gasteiger partial charge in [0, 0.05) is 18.7 Å². The van der Waals surface area contributed by atoms with Crippen molar-refractivity contribution in [3.05, 3.63) is 27.4 Å². The number of nitro groups is 1. The van der Waals surface area contributed by atoms with Crippen molar-refractivity contribution in [2.75, 3.05) is 11.9 Å². The zero-order chi connectivity index (χ0) is 14.0. The van der Waals surface area contributed by atoms with E-state index in [4.69, 9.17) is 16.3 Å². The van der Waals surface area contributed by atoms with Gasteiger partial charge in [-0.1, -0.05) is 11.6 Å². The highest BCUT2D eigenvalue weighted by molar-refractivity contribution is 6.33. The van der Waals surface area contributed by atoms with E-state index in [1.165, 1.54) is 12.3 Å². The van der Waals surface area contributed by atoms with Gasteiger partial charge in [-0.15, -0.1) is 0 Å². The SMILES string of the molecule is CC1(C)CC(Nc2ncc([N+](=O)[O-])cc2Cl)CCO1. The molecule has 0 amide bonds. The summed E-state index contributed by atoms with van der Waals surface area (Å²) in [6.07, 6.45) is 2.90. The highest BCUT2D eigenvalue weighted by atomic mass is 35.5. The normalized spacial score (nSPS) is 21.9. The first-order valence-electron chi connectivity index (χ1n) is 6.08. The van der Waals surface area contributed by atoms with Crippen LogP contribution < -0.4 is 5.32 Å². The Morgan fingerprint density at radius 2 is 2.37 bits per heavy atom. The van der Waals surface area contributed by atoms with Crippen LogP contribution >= 0.6 is 11.6 Å². The summed E-state index contributed by atoms with van der Waals surface area (Å²) < 4.78 is 5.63. The average molecular weight is 286 g/mol. The number of hydrogen-bond donors (Lipinski definition) is 1. The predicted octanol–water partition coefficient (Wildman–Crippen LogP) is 3.01. The lowest BCUT2D eigenvalue weighted by molar-refractivity contribution is -0.385. The zero-order valence-corrected chi connectivity index (χ0v) is 11.6. The molecule has 19 heavy (non-hydrogen) atoms. The highest BCUT2D eigenvalue weighted by Gasteiger charge is 2.29. The van der Waals surface area contributed by atoms with E-state index in [0.29, 0.717) is 12.4 Å². The molecule has 2 rings (SSSR count). The Bertz CT molecular complexity index is 493. The minimum Gasteiger partial charge on any atom is -0.375 e. The number of nitrogens with zero attached hydrogens (tertiary/aromatic N) is 2. The van der Waals surface area contributed by atoms with Gasteiger partial charge >= 0.3 is 0 Å². The molecule has 6 nitrogen and oxygen atoms in total. The Morgan fingerprint density at radius 3 is 2.95 bits per heavy atom. The van der Waals surface area contributed by atoms with Gasteiger partial charge in [-0.3, -0.25) is 10.1 Å². The second-order valence-electron chi connectivity index (χ2n) is 5.22. The number of anilines is 1. The van der Waals surface area contributed by atoms with Crippen molar-refractivity contribution in [2.45, 2.75) is 38.3 Å². The van der Waals surface area contributed by atoms with Crippen molar-refractivity contribution in [1.29, 1.82) is 0 Å². The molecule has 1 unspecified atom stereocenters. The second kappa shape index (κ2) is 5.30. The van der Waals surface area contributed by atoms with E-state index in [-0.39, 0.29) is 22.4 Å². The van der Waals surface area contributed by atoms with Gasteiger partial charge in [-0.05, 0) is 26.7 Å². The molecule has 0 aromatic carbocycles. The third-order valence-electron chi connectivity index (χ3n) is 3.08. The van der Waals surface area contributed by atoms with Gasteiger partial charge < -0.3 is 10.1 Å². The van der Waals surface area contributed by atoms with Crippen molar-refractivity contribution in [2.24, 2.45) is 0 Å².